The number of esters is 1. The summed E-state index contributed by atoms with van der Waals surface area (Å²) in [5.74, 6) is 0.124. The largest absolute Gasteiger partial charge is 0.508 e. The zero-order chi connectivity index (χ0) is 28.5. The number of phenolic OH excluding ortho intramolecular Hbond substituents is 1. The van der Waals surface area contributed by atoms with Crippen molar-refractivity contribution in [3.05, 3.63) is 133 Å². The summed E-state index contributed by atoms with van der Waals surface area (Å²) in [5.41, 5.74) is 2.57. The number of benzene rings is 4. The standard InChI is InChI=1S/C33H26N2O5S/c1-3-40-32(38)28-29(22-10-5-4-6-11-22)34-33-35(31(37)26(41-33)19-20-13-16-23(36)17-14-20)30(28)27-24-12-8-7-9-21(24)15-18-25(27)39-2/h4-19,30,36H,3H2,1-2H3/b26-19+/t30-/m0/s1. The molecule has 204 valence electrons. The van der Waals surface area contributed by atoms with Gasteiger partial charge in [0.15, 0.2) is 4.80 Å². The van der Waals surface area contributed by atoms with Crippen LogP contribution in [0.15, 0.2) is 106 Å². The third kappa shape index (κ3) is 4.72. The number of phenols is 1. The Morgan fingerprint density at radius 3 is 2.46 bits per heavy atom. The van der Waals surface area contributed by atoms with Crippen molar-refractivity contribution < 1.29 is 19.4 Å². The minimum atomic E-state index is -0.872. The fraction of sp³-hybridized carbons (Fsp3) is 0.121. The van der Waals surface area contributed by atoms with Crippen LogP contribution in [0.5, 0.6) is 11.5 Å². The average molecular weight is 563 g/mol. The fourth-order valence-corrected chi connectivity index (χ4v) is 6.17. The lowest BCUT2D eigenvalue weighted by Gasteiger charge is -2.28. The quantitative estimate of drug-likeness (QED) is 0.300. The molecular formula is C33H26N2O5S. The van der Waals surface area contributed by atoms with E-state index in [1.54, 1.807) is 48.9 Å². The molecule has 1 N–H and O–H groups in total. The number of rotatable bonds is 6. The molecule has 0 amide bonds. The van der Waals surface area contributed by atoms with E-state index in [-0.39, 0.29) is 23.5 Å². The first-order valence-corrected chi connectivity index (χ1v) is 13.9. The number of aromatic hydroxyl groups is 1. The molecule has 0 radical (unpaired) electrons. The molecule has 7 nitrogen and oxygen atoms in total. The molecule has 0 unspecified atom stereocenters. The summed E-state index contributed by atoms with van der Waals surface area (Å²) in [5, 5.41) is 11.5. The van der Waals surface area contributed by atoms with Gasteiger partial charge in [-0.1, -0.05) is 84.1 Å². The van der Waals surface area contributed by atoms with Gasteiger partial charge < -0.3 is 14.6 Å². The third-order valence-corrected chi connectivity index (χ3v) is 7.97. The maximum absolute atomic E-state index is 14.2. The van der Waals surface area contributed by atoms with E-state index in [9.17, 15) is 14.7 Å². The maximum atomic E-state index is 14.2. The molecule has 0 fully saturated rings. The second-order valence-electron chi connectivity index (χ2n) is 9.43. The molecule has 6 rings (SSSR count). The summed E-state index contributed by atoms with van der Waals surface area (Å²) in [7, 11) is 1.58. The van der Waals surface area contributed by atoms with E-state index < -0.39 is 12.0 Å². The van der Waals surface area contributed by atoms with Crippen molar-refractivity contribution in [3.8, 4) is 11.5 Å². The predicted molar refractivity (Wildman–Crippen MR) is 160 cm³/mol. The van der Waals surface area contributed by atoms with Gasteiger partial charge in [0.25, 0.3) is 5.56 Å². The van der Waals surface area contributed by atoms with E-state index in [1.165, 1.54) is 11.3 Å². The second kappa shape index (κ2) is 10.9. The first kappa shape index (κ1) is 26.3. The summed E-state index contributed by atoms with van der Waals surface area (Å²) in [6, 6.07) is 26.8. The molecule has 0 saturated heterocycles. The predicted octanol–water partition coefficient (Wildman–Crippen LogP) is 4.80. The lowest BCUT2D eigenvalue weighted by Crippen LogP contribution is -2.40. The molecule has 5 aromatic rings. The highest BCUT2D eigenvalue weighted by molar-refractivity contribution is 7.07. The molecule has 1 atom stereocenters. The Morgan fingerprint density at radius 1 is 1.00 bits per heavy atom. The molecule has 0 aliphatic carbocycles. The van der Waals surface area contributed by atoms with E-state index in [2.05, 4.69) is 0 Å². The molecule has 0 saturated carbocycles. The van der Waals surface area contributed by atoms with Crippen molar-refractivity contribution in [3.63, 3.8) is 0 Å². The Bertz CT molecular complexity index is 1990. The van der Waals surface area contributed by atoms with Crippen LogP contribution < -0.4 is 19.6 Å². The number of hydrogen-bond acceptors (Lipinski definition) is 7. The number of methoxy groups -OCH3 is 1. The highest BCUT2D eigenvalue weighted by atomic mass is 32.1. The van der Waals surface area contributed by atoms with Crippen LogP contribution in [-0.4, -0.2) is 29.4 Å². The zero-order valence-electron chi connectivity index (χ0n) is 22.4. The van der Waals surface area contributed by atoms with Crippen molar-refractivity contribution in [1.29, 1.82) is 0 Å². The van der Waals surface area contributed by atoms with Gasteiger partial charge in [0, 0.05) is 11.1 Å². The van der Waals surface area contributed by atoms with E-state index in [0.29, 0.717) is 26.3 Å². The molecule has 0 bridgehead atoms. The van der Waals surface area contributed by atoms with E-state index in [4.69, 9.17) is 14.5 Å². The van der Waals surface area contributed by atoms with Crippen LogP contribution in [0.1, 0.15) is 29.7 Å². The third-order valence-electron chi connectivity index (χ3n) is 6.99. The van der Waals surface area contributed by atoms with Crippen LogP contribution in [-0.2, 0) is 9.53 Å². The van der Waals surface area contributed by atoms with Gasteiger partial charge in [0.05, 0.1) is 29.5 Å². The van der Waals surface area contributed by atoms with Gasteiger partial charge in [-0.2, -0.15) is 0 Å². The first-order valence-electron chi connectivity index (χ1n) is 13.1. The number of aromatic nitrogens is 1. The molecule has 0 spiro atoms. The molecule has 1 aliphatic rings. The Kier molecular flexibility index (Phi) is 6.99. The van der Waals surface area contributed by atoms with E-state index >= 15 is 0 Å². The number of hydrogen-bond donors (Lipinski definition) is 1. The van der Waals surface area contributed by atoms with Gasteiger partial charge in [0.2, 0.25) is 0 Å². The summed E-state index contributed by atoms with van der Waals surface area (Å²) in [6.45, 7) is 1.91. The van der Waals surface area contributed by atoms with Crippen LogP contribution in [0.3, 0.4) is 0 Å². The van der Waals surface area contributed by atoms with Gasteiger partial charge in [-0.25, -0.2) is 9.79 Å². The number of thiazole rings is 1. The number of ether oxygens (including phenoxy) is 2. The molecule has 41 heavy (non-hydrogen) atoms. The van der Waals surface area contributed by atoms with Gasteiger partial charge in [-0.05, 0) is 47.5 Å². The van der Waals surface area contributed by atoms with Crippen LogP contribution in [0.2, 0.25) is 0 Å². The van der Waals surface area contributed by atoms with Crippen LogP contribution >= 0.6 is 11.3 Å². The van der Waals surface area contributed by atoms with Gasteiger partial charge in [0.1, 0.15) is 17.5 Å². The van der Waals surface area contributed by atoms with Crippen molar-refractivity contribution >= 4 is 39.9 Å². The second-order valence-corrected chi connectivity index (χ2v) is 10.4. The first-order chi connectivity index (χ1) is 20.0. The Hall–Kier alpha value is -4.95. The van der Waals surface area contributed by atoms with Crippen molar-refractivity contribution in [2.45, 2.75) is 13.0 Å². The number of carbonyl (C=O) groups excluding carboxylic acids is 1. The van der Waals surface area contributed by atoms with Crippen LogP contribution in [0.25, 0.3) is 22.5 Å². The summed E-state index contributed by atoms with van der Waals surface area (Å²) in [4.78, 5) is 33.4. The average Bonchev–Trinajstić information content (AvgIpc) is 3.31. The van der Waals surface area contributed by atoms with E-state index in [1.807, 2.05) is 66.7 Å². The Labute approximate surface area is 239 Å². The van der Waals surface area contributed by atoms with Gasteiger partial charge in [-0.15, -0.1) is 0 Å². The highest BCUT2D eigenvalue weighted by Gasteiger charge is 2.37. The van der Waals surface area contributed by atoms with Gasteiger partial charge in [-0.3, -0.25) is 9.36 Å². The molecular weight excluding hydrogens is 536 g/mol. The highest BCUT2D eigenvalue weighted by Crippen LogP contribution is 2.42. The molecule has 8 heteroatoms. The van der Waals surface area contributed by atoms with E-state index in [0.717, 1.165) is 21.9 Å². The smallest absolute Gasteiger partial charge is 0.338 e. The normalized spacial score (nSPS) is 15.0. The monoisotopic (exact) mass is 562 g/mol. The summed E-state index contributed by atoms with van der Waals surface area (Å²) >= 11 is 1.24. The van der Waals surface area contributed by atoms with Crippen LogP contribution in [0.4, 0.5) is 0 Å². The van der Waals surface area contributed by atoms with Crippen molar-refractivity contribution in [2.24, 2.45) is 4.99 Å². The number of fused-ring (bicyclic) bond motifs is 2. The molecule has 1 aliphatic heterocycles. The van der Waals surface area contributed by atoms with Crippen molar-refractivity contribution in [1.82, 2.24) is 4.57 Å². The molecule has 4 aromatic carbocycles. The SMILES string of the molecule is CCOC(=O)C1=C(c2ccccc2)N=c2s/c(=C/c3ccc(O)cc3)c(=O)n2[C@H]1c1c(OC)ccc2ccccc12. The fourth-order valence-electron chi connectivity index (χ4n) is 5.17. The lowest BCUT2D eigenvalue weighted by atomic mass is 9.89. The number of carbonyl (C=O) groups is 1. The summed E-state index contributed by atoms with van der Waals surface area (Å²) < 4.78 is 13.5. The topological polar surface area (TPSA) is 90.1 Å². The summed E-state index contributed by atoms with van der Waals surface area (Å²) in [6.07, 6.45) is 1.76. The minimum absolute atomic E-state index is 0.137. The zero-order valence-corrected chi connectivity index (χ0v) is 23.2. The lowest BCUT2D eigenvalue weighted by molar-refractivity contribution is -0.138. The Balaban J connectivity index is 1.75. The number of nitrogens with zero attached hydrogens (tertiary/aromatic N) is 2. The Morgan fingerprint density at radius 2 is 1.73 bits per heavy atom. The van der Waals surface area contributed by atoms with Gasteiger partial charge >= 0.3 is 5.97 Å². The molecule has 1 aromatic heterocycles. The molecule has 2 heterocycles. The van der Waals surface area contributed by atoms with Crippen LogP contribution in [0, 0.1) is 0 Å². The van der Waals surface area contributed by atoms with Crippen molar-refractivity contribution in [2.75, 3.05) is 13.7 Å². The maximum Gasteiger partial charge on any atom is 0.338 e. The minimum Gasteiger partial charge on any atom is -0.508 e.